The smallest absolute Gasteiger partial charge is 0.136 e. The molecule has 6 heteroatoms. The van der Waals surface area contributed by atoms with Gasteiger partial charge in [0.15, 0.2) is 0 Å². The largest absolute Gasteiger partial charge is 0.488 e. The first kappa shape index (κ1) is 14.4. The summed E-state index contributed by atoms with van der Waals surface area (Å²) in [5.74, 6) is 0.283. The Balaban J connectivity index is 1.83. The molecule has 1 saturated heterocycles. The number of piperidine rings is 1. The SMILES string of the molecule is Fc1ccc(Br)c(OC2CCNCC2c2cn[c]cn2)c1. The molecule has 1 radical (unpaired) electrons. The van der Waals surface area contributed by atoms with E-state index in [-0.39, 0.29) is 17.8 Å². The van der Waals surface area contributed by atoms with E-state index < -0.39 is 0 Å². The van der Waals surface area contributed by atoms with Crippen molar-refractivity contribution in [3.8, 4) is 5.75 Å². The van der Waals surface area contributed by atoms with Gasteiger partial charge in [-0.2, -0.15) is 0 Å². The molecule has 21 heavy (non-hydrogen) atoms. The van der Waals surface area contributed by atoms with E-state index in [0.717, 1.165) is 29.7 Å². The first-order valence-electron chi connectivity index (χ1n) is 6.74. The summed E-state index contributed by atoms with van der Waals surface area (Å²) in [5, 5.41) is 3.33. The topological polar surface area (TPSA) is 47.0 Å². The zero-order valence-corrected chi connectivity index (χ0v) is 12.8. The Morgan fingerprint density at radius 1 is 1.43 bits per heavy atom. The summed E-state index contributed by atoms with van der Waals surface area (Å²) in [6, 6.07) is 4.45. The van der Waals surface area contributed by atoms with Gasteiger partial charge in [0.1, 0.15) is 23.9 Å². The Morgan fingerprint density at radius 2 is 2.33 bits per heavy atom. The number of rotatable bonds is 3. The van der Waals surface area contributed by atoms with E-state index in [4.69, 9.17) is 4.74 Å². The van der Waals surface area contributed by atoms with Crippen molar-refractivity contribution in [2.45, 2.75) is 18.4 Å². The van der Waals surface area contributed by atoms with Gasteiger partial charge >= 0.3 is 0 Å². The van der Waals surface area contributed by atoms with E-state index in [0.29, 0.717) is 5.75 Å². The zero-order chi connectivity index (χ0) is 14.7. The Hall–Kier alpha value is -1.53. The third kappa shape index (κ3) is 3.39. The van der Waals surface area contributed by atoms with E-state index in [1.165, 1.54) is 12.1 Å². The van der Waals surface area contributed by atoms with Gasteiger partial charge < -0.3 is 10.1 Å². The number of nitrogens with one attached hydrogen (secondary N) is 1. The van der Waals surface area contributed by atoms with Gasteiger partial charge in [0.2, 0.25) is 0 Å². The molecular formula is C15H14BrFN3O. The molecule has 1 aromatic carbocycles. The Labute approximate surface area is 130 Å². The monoisotopic (exact) mass is 350 g/mol. The van der Waals surface area contributed by atoms with Gasteiger partial charge in [0, 0.05) is 18.8 Å². The predicted octanol–water partition coefficient (Wildman–Crippen LogP) is 2.70. The molecule has 1 aliphatic heterocycles. The molecule has 2 unspecified atom stereocenters. The van der Waals surface area contributed by atoms with Gasteiger partial charge in [-0.05, 0) is 41.0 Å². The molecule has 1 fully saturated rings. The number of ether oxygens (including phenoxy) is 1. The molecule has 109 valence electrons. The van der Waals surface area contributed by atoms with Crippen LogP contribution >= 0.6 is 15.9 Å². The minimum Gasteiger partial charge on any atom is -0.488 e. The van der Waals surface area contributed by atoms with Crippen LogP contribution in [-0.2, 0) is 0 Å². The lowest BCUT2D eigenvalue weighted by atomic mass is 9.93. The molecule has 0 saturated carbocycles. The average Bonchev–Trinajstić information content (AvgIpc) is 2.52. The number of benzene rings is 1. The highest BCUT2D eigenvalue weighted by atomic mass is 79.9. The zero-order valence-electron chi connectivity index (χ0n) is 11.2. The minimum absolute atomic E-state index is 0.0685. The summed E-state index contributed by atoms with van der Waals surface area (Å²) in [6.45, 7) is 1.62. The maximum Gasteiger partial charge on any atom is 0.136 e. The third-order valence-electron chi connectivity index (χ3n) is 3.51. The second-order valence-electron chi connectivity index (χ2n) is 4.90. The quantitative estimate of drug-likeness (QED) is 0.924. The van der Waals surface area contributed by atoms with E-state index in [2.05, 4.69) is 37.4 Å². The Morgan fingerprint density at radius 3 is 3.14 bits per heavy atom. The summed E-state index contributed by atoms with van der Waals surface area (Å²) in [5.41, 5.74) is 0.860. The number of hydrogen-bond acceptors (Lipinski definition) is 4. The van der Waals surface area contributed by atoms with Crippen LogP contribution in [0.1, 0.15) is 18.0 Å². The molecule has 0 bridgehead atoms. The molecule has 2 atom stereocenters. The molecule has 2 aromatic rings. The molecule has 0 spiro atoms. The molecule has 0 amide bonds. The fourth-order valence-electron chi connectivity index (χ4n) is 2.47. The first-order valence-corrected chi connectivity index (χ1v) is 7.54. The fraction of sp³-hybridized carbons (Fsp3) is 0.333. The summed E-state index contributed by atoms with van der Waals surface area (Å²) in [6.07, 6.45) is 6.69. The van der Waals surface area contributed by atoms with Gasteiger partial charge in [-0.15, -0.1) is 0 Å². The molecule has 1 N–H and O–H groups in total. The highest BCUT2D eigenvalue weighted by Crippen LogP contribution is 2.31. The lowest BCUT2D eigenvalue weighted by Crippen LogP contribution is -2.41. The van der Waals surface area contributed by atoms with Crippen LogP contribution in [0.4, 0.5) is 4.39 Å². The van der Waals surface area contributed by atoms with Crippen LogP contribution in [0.2, 0.25) is 0 Å². The lowest BCUT2D eigenvalue weighted by molar-refractivity contribution is 0.135. The van der Waals surface area contributed by atoms with Crippen LogP contribution < -0.4 is 10.1 Å². The lowest BCUT2D eigenvalue weighted by Gasteiger charge is -2.32. The fourth-order valence-corrected chi connectivity index (χ4v) is 2.81. The molecule has 4 nitrogen and oxygen atoms in total. The van der Waals surface area contributed by atoms with E-state index >= 15 is 0 Å². The summed E-state index contributed by atoms with van der Waals surface area (Å²) in [7, 11) is 0. The van der Waals surface area contributed by atoms with Crippen LogP contribution in [0.5, 0.6) is 5.75 Å². The highest BCUT2D eigenvalue weighted by molar-refractivity contribution is 9.10. The first-order chi connectivity index (χ1) is 10.2. The molecular weight excluding hydrogens is 337 g/mol. The summed E-state index contributed by atoms with van der Waals surface area (Å²) < 4.78 is 20.2. The Bertz CT molecular complexity index is 611. The number of hydrogen-bond donors (Lipinski definition) is 1. The predicted molar refractivity (Wildman–Crippen MR) is 79.6 cm³/mol. The van der Waals surface area contributed by atoms with E-state index in [9.17, 15) is 4.39 Å². The van der Waals surface area contributed by atoms with Crippen LogP contribution in [-0.4, -0.2) is 29.2 Å². The molecule has 1 aromatic heterocycles. The van der Waals surface area contributed by atoms with Gasteiger partial charge in [0.05, 0.1) is 22.3 Å². The van der Waals surface area contributed by atoms with Gasteiger partial charge in [0.25, 0.3) is 0 Å². The van der Waals surface area contributed by atoms with Crippen LogP contribution in [0.25, 0.3) is 0 Å². The van der Waals surface area contributed by atoms with Crippen molar-refractivity contribution < 1.29 is 9.13 Å². The van der Waals surface area contributed by atoms with Gasteiger partial charge in [-0.1, -0.05) is 0 Å². The average molecular weight is 351 g/mol. The third-order valence-corrected chi connectivity index (χ3v) is 4.17. The van der Waals surface area contributed by atoms with Crippen LogP contribution in [0, 0.1) is 12.0 Å². The highest BCUT2D eigenvalue weighted by Gasteiger charge is 2.29. The molecule has 3 rings (SSSR count). The minimum atomic E-state index is -0.312. The van der Waals surface area contributed by atoms with Crippen LogP contribution in [0.15, 0.2) is 35.1 Å². The van der Waals surface area contributed by atoms with Crippen molar-refractivity contribution in [2.75, 3.05) is 13.1 Å². The number of nitrogens with zero attached hydrogens (tertiary/aromatic N) is 2. The second kappa shape index (κ2) is 6.49. The van der Waals surface area contributed by atoms with Crippen molar-refractivity contribution in [1.29, 1.82) is 0 Å². The van der Waals surface area contributed by atoms with Crippen molar-refractivity contribution in [1.82, 2.24) is 15.3 Å². The van der Waals surface area contributed by atoms with Gasteiger partial charge in [-0.3, -0.25) is 9.97 Å². The number of aromatic nitrogens is 2. The molecule has 0 aliphatic carbocycles. The second-order valence-corrected chi connectivity index (χ2v) is 5.76. The maximum atomic E-state index is 13.4. The van der Waals surface area contributed by atoms with Crippen molar-refractivity contribution in [3.63, 3.8) is 0 Å². The maximum absolute atomic E-state index is 13.4. The Kier molecular flexibility index (Phi) is 4.45. The van der Waals surface area contributed by atoms with Crippen molar-refractivity contribution >= 4 is 15.9 Å². The standard InChI is InChI=1S/C15H14BrFN3O/c16-12-2-1-10(17)7-15(12)21-14-3-4-18-8-11(14)13-9-19-5-6-20-13/h1-2,6-7,9,11,14,18H,3-4,8H2. The van der Waals surface area contributed by atoms with E-state index in [1.807, 2.05) is 0 Å². The van der Waals surface area contributed by atoms with E-state index in [1.54, 1.807) is 18.5 Å². The number of halogens is 2. The molecule has 2 heterocycles. The van der Waals surface area contributed by atoms with Crippen LogP contribution in [0.3, 0.4) is 0 Å². The van der Waals surface area contributed by atoms with Crippen molar-refractivity contribution in [2.24, 2.45) is 0 Å². The van der Waals surface area contributed by atoms with Gasteiger partial charge in [-0.25, -0.2) is 4.39 Å². The van der Waals surface area contributed by atoms with Crippen molar-refractivity contribution in [3.05, 3.63) is 52.8 Å². The summed E-state index contributed by atoms with van der Waals surface area (Å²) in [4.78, 5) is 8.30. The summed E-state index contributed by atoms with van der Waals surface area (Å²) >= 11 is 3.39. The normalized spacial score (nSPS) is 22.0. The molecule has 1 aliphatic rings.